The van der Waals surface area contributed by atoms with Crippen LogP contribution in [0.3, 0.4) is 0 Å². The van der Waals surface area contributed by atoms with Gasteiger partial charge < -0.3 is 24.0 Å². The quantitative estimate of drug-likeness (QED) is 0.611. The third-order valence-corrected chi connectivity index (χ3v) is 6.56. The molecule has 0 N–H and O–H groups in total. The number of halogens is 1. The Hall–Kier alpha value is -2.03. The van der Waals surface area contributed by atoms with Crippen LogP contribution in [-0.2, 0) is 27.2 Å². The minimum atomic E-state index is -0.592. The number of nitrogens with zero attached hydrogens (tertiary/aromatic N) is 3. The number of rotatable bonds is 1. The molecule has 0 saturated carbocycles. The Kier molecular flexibility index (Phi) is 7.07. The molecular weight excluding hydrogens is 446 g/mol. The Balaban J connectivity index is 1.62. The fourth-order valence-electron chi connectivity index (χ4n) is 4.71. The van der Waals surface area contributed by atoms with E-state index in [1.54, 1.807) is 4.90 Å². The summed E-state index contributed by atoms with van der Waals surface area (Å²) in [5.74, 6) is 0. The fourth-order valence-corrected chi connectivity index (χ4v) is 4.96. The first kappa shape index (κ1) is 24.1. The third-order valence-electron chi connectivity index (χ3n) is 6.34. The topological polar surface area (TPSA) is 71.6 Å². The van der Waals surface area contributed by atoms with E-state index in [0.29, 0.717) is 64.1 Å². The van der Waals surface area contributed by atoms with E-state index in [2.05, 4.69) is 0 Å². The van der Waals surface area contributed by atoms with E-state index in [4.69, 9.17) is 25.8 Å². The van der Waals surface area contributed by atoms with Gasteiger partial charge in [0.15, 0.2) is 0 Å². The van der Waals surface area contributed by atoms with E-state index < -0.39 is 5.60 Å². The number of urea groups is 1. The van der Waals surface area contributed by atoms with Gasteiger partial charge in [-0.1, -0.05) is 11.6 Å². The minimum absolute atomic E-state index is 0.0289. The second kappa shape index (κ2) is 9.68. The van der Waals surface area contributed by atoms with Crippen LogP contribution in [-0.4, -0.2) is 84.5 Å². The molecule has 0 aliphatic carbocycles. The molecule has 2 atom stereocenters. The van der Waals surface area contributed by atoms with Crippen LogP contribution in [0.4, 0.5) is 9.59 Å². The number of hydrogen-bond donors (Lipinski definition) is 0. The Labute approximate surface area is 200 Å². The molecule has 3 amide bonds. The lowest BCUT2D eigenvalue weighted by Crippen LogP contribution is -2.53. The van der Waals surface area contributed by atoms with Crippen LogP contribution < -0.4 is 0 Å². The van der Waals surface area contributed by atoms with Crippen molar-refractivity contribution >= 4 is 23.7 Å². The first-order chi connectivity index (χ1) is 15.6. The Morgan fingerprint density at radius 2 is 1.76 bits per heavy atom. The summed E-state index contributed by atoms with van der Waals surface area (Å²) in [4.78, 5) is 31.8. The Bertz CT molecular complexity index is 903. The highest BCUT2D eigenvalue weighted by Gasteiger charge is 2.36. The van der Waals surface area contributed by atoms with E-state index in [1.165, 1.54) is 0 Å². The maximum absolute atomic E-state index is 13.3. The minimum Gasteiger partial charge on any atom is -0.444 e. The van der Waals surface area contributed by atoms with Crippen LogP contribution >= 0.6 is 11.6 Å². The van der Waals surface area contributed by atoms with Gasteiger partial charge in [-0.3, -0.25) is 4.90 Å². The van der Waals surface area contributed by atoms with Gasteiger partial charge in [0.1, 0.15) is 5.60 Å². The largest absolute Gasteiger partial charge is 0.444 e. The lowest BCUT2D eigenvalue weighted by Gasteiger charge is -2.41. The maximum atomic E-state index is 13.3. The number of amides is 3. The number of hydrogen-bond acceptors (Lipinski definition) is 5. The molecule has 1 aromatic rings. The Morgan fingerprint density at radius 3 is 2.45 bits per heavy atom. The first-order valence-corrected chi connectivity index (χ1v) is 12.0. The molecule has 0 radical (unpaired) electrons. The molecule has 8 nitrogen and oxygen atoms in total. The molecule has 33 heavy (non-hydrogen) atoms. The normalized spacial score (nSPS) is 23.8. The molecular formula is C24H34ClN3O5. The van der Waals surface area contributed by atoms with E-state index in [0.717, 1.165) is 16.7 Å². The molecule has 3 aliphatic rings. The molecule has 2 saturated heterocycles. The van der Waals surface area contributed by atoms with E-state index in [-0.39, 0.29) is 24.2 Å². The van der Waals surface area contributed by atoms with Crippen LogP contribution in [0.1, 0.15) is 50.4 Å². The summed E-state index contributed by atoms with van der Waals surface area (Å²) in [7, 11) is 0. The maximum Gasteiger partial charge on any atom is 0.410 e. The average molecular weight is 480 g/mol. The van der Waals surface area contributed by atoms with Crippen LogP contribution in [0.2, 0.25) is 5.02 Å². The van der Waals surface area contributed by atoms with E-state index >= 15 is 0 Å². The Morgan fingerprint density at radius 1 is 1.06 bits per heavy atom. The lowest BCUT2D eigenvalue weighted by molar-refractivity contribution is -0.0335. The highest BCUT2D eigenvalue weighted by molar-refractivity contribution is 6.30. The predicted molar refractivity (Wildman–Crippen MR) is 124 cm³/mol. The third kappa shape index (κ3) is 5.39. The molecule has 0 aromatic heterocycles. The molecule has 2 fully saturated rings. The summed E-state index contributed by atoms with van der Waals surface area (Å²) in [6.07, 6.45) is 0.350. The highest BCUT2D eigenvalue weighted by atomic mass is 35.5. The van der Waals surface area contributed by atoms with Crippen molar-refractivity contribution in [3.8, 4) is 0 Å². The smallest absolute Gasteiger partial charge is 0.410 e. The van der Waals surface area contributed by atoms with Crippen LogP contribution in [0.5, 0.6) is 0 Å². The predicted octanol–water partition coefficient (Wildman–Crippen LogP) is 3.85. The van der Waals surface area contributed by atoms with Gasteiger partial charge in [-0.05, 0) is 62.9 Å². The van der Waals surface area contributed by atoms with E-state index in [1.807, 2.05) is 49.6 Å². The number of morpholine rings is 2. The van der Waals surface area contributed by atoms with Crippen molar-refractivity contribution < 1.29 is 23.8 Å². The van der Waals surface area contributed by atoms with Gasteiger partial charge in [0.25, 0.3) is 0 Å². The van der Waals surface area contributed by atoms with Crippen molar-refractivity contribution in [1.82, 2.24) is 14.7 Å². The fraction of sp³-hybridized carbons (Fsp3) is 0.667. The zero-order valence-corrected chi connectivity index (χ0v) is 20.7. The zero-order valence-electron chi connectivity index (χ0n) is 19.9. The highest BCUT2D eigenvalue weighted by Crippen LogP contribution is 2.35. The number of fused-ring (bicyclic) bond motifs is 1. The molecule has 3 aliphatic heterocycles. The first-order valence-electron chi connectivity index (χ1n) is 11.7. The van der Waals surface area contributed by atoms with Crippen molar-refractivity contribution in [1.29, 1.82) is 0 Å². The number of carbonyl (C=O) groups is 2. The molecule has 0 bridgehead atoms. The monoisotopic (exact) mass is 479 g/mol. The summed E-state index contributed by atoms with van der Waals surface area (Å²) in [6, 6.07) is 3.63. The van der Waals surface area contributed by atoms with Crippen LogP contribution in [0.15, 0.2) is 12.1 Å². The van der Waals surface area contributed by atoms with Crippen molar-refractivity contribution in [2.24, 2.45) is 0 Å². The van der Waals surface area contributed by atoms with Gasteiger partial charge in [0.05, 0.1) is 38.5 Å². The number of carbonyl (C=O) groups excluding carboxylic acids is 2. The van der Waals surface area contributed by atoms with Crippen LogP contribution in [0.25, 0.3) is 0 Å². The second-order valence-corrected chi connectivity index (χ2v) is 10.4. The summed E-state index contributed by atoms with van der Waals surface area (Å²) >= 11 is 6.50. The summed E-state index contributed by atoms with van der Waals surface area (Å²) in [5, 5.41) is 0.625. The SMILES string of the molecule is CC1COCCN1C(=O)N1CCc2cc(Cl)cc(C3COCCN3C(=O)OC(C)(C)C)c2C1. The molecule has 2 unspecified atom stereocenters. The van der Waals surface area contributed by atoms with Gasteiger partial charge in [0.2, 0.25) is 0 Å². The molecule has 182 valence electrons. The van der Waals surface area contributed by atoms with Gasteiger partial charge >= 0.3 is 12.1 Å². The summed E-state index contributed by atoms with van der Waals surface area (Å²) in [5.41, 5.74) is 2.50. The molecule has 0 spiro atoms. The molecule has 1 aromatic carbocycles. The van der Waals surface area contributed by atoms with E-state index in [9.17, 15) is 9.59 Å². The average Bonchev–Trinajstić information content (AvgIpc) is 2.77. The second-order valence-electron chi connectivity index (χ2n) is 9.97. The van der Waals surface area contributed by atoms with Crippen molar-refractivity contribution in [3.63, 3.8) is 0 Å². The molecule has 3 heterocycles. The van der Waals surface area contributed by atoms with Crippen molar-refractivity contribution in [2.75, 3.05) is 46.1 Å². The van der Waals surface area contributed by atoms with Gasteiger partial charge in [0, 0.05) is 31.2 Å². The zero-order chi connectivity index (χ0) is 23.8. The summed E-state index contributed by atoms with van der Waals surface area (Å²) in [6.45, 7) is 11.7. The van der Waals surface area contributed by atoms with Crippen LogP contribution in [0, 0.1) is 0 Å². The van der Waals surface area contributed by atoms with Gasteiger partial charge in [-0.15, -0.1) is 0 Å². The summed E-state index contributed by atoms with van der Waals surface area (Å²) < 4.78 is 16.9. The van der Waals surface area contributed by atoms with Crippen molar-refractivity contribution in [3.05, 3.63) is 33.8 Å². The van der Waals surface area contributed by atoms with Gasteiger partial charge in [-0.2, -0.15) is 0 Å². The lowest BCUT2D eigenvalue weighted by atomic mass is 9.90. The number of ether oxygens (including phenoxy) is 3. The molecule has 4 rings (SSSR count). The van der Waals surface area contributed by atoms with Crippen molar-refractivity contribution in [2.45, 2.75) is 58.3 Å². The van der Waals surface area contributed by atoms with Gasteiger partial charge in [-0.25, -0.2) is 9.59 Å². The number of benzene rings is 1. The molecule has 9 heteroatoms. The standard InChI is InChI=1S/C24H34ClN3O5/c1-16-14-31-9-7-27(16)22(29)26-6-5-17-11-18(25)12-19(20(17)13-26)21-15-32-10-8-28(21)23(30)33-24(2,3)4/h11-12,16,21H,5-10,13-15H2,1-4H3.